The van der Waals surface area contributed by atoms with Crippen LogP contribution >= 0.6 is 0 Å². The molecule has 3 atom stereocenters. The van der Waals surface area contributed by atoms with E-state index in [-0.39, 0.29) is 0 Å². The van der Waals surface area contributed by atoms with E-state index in [2.05, 4.69) is 102 Å². The van der Waals surface area contributed by atoms with Crippen molar-refractivity contribution in [2.45, 2.75) is 79.7 Å². The molecule has 0 heterocycles. The van der Waals surface area contributed by atoms with Crippen LogP contribution in [-0.2, 0) is 0 Å². The normalized spacial score (nSPS) is 21.1. The van der Waals surface area contributed by atoms with Crippen molar-refractivity contribution in [1.29, 1.82) is 0 Å². The molecule has 0 aromatic rings. The van der Waals surface area contributed by atoms with Crippen molar-refractivity contribution in [3.8, 4) is 0 Å². The second kappa shape index (κ2) is 14.2. The zero-order valence-corrected chi connectivity index (χ0v) is 19.0. The van der Waals surface area contributed by atoms with Crippen LogP contribution in [0.5, 0.6) is 0 Å². The second-order valence-electron chi connectivity index (χ2n) is 7.69. The summed E-state index contributed by atoms with van der Waals surface area (Å²) in [6.07, 6.45) is 27.8. The molecular weight excluding hydrogens is 338 g/mol. The summed E-state index contributed by atoms with van der Waals surface area (Å²) >= 11 is 0. The smallest absolute Gasteiger partial charge is 0.0570 e. The molecule has 1 heteroatoms. The highest BCUT2D eigenvalue weighted by Crippen LogP contribution is 2.32. The van der Waals surface area contributed by atoms with E-state index in [0.29, 0.717) is 17.9 Å². The molecule has 154 valence electrons. The zero-order valence-electron chi connectivity index (χ0n) is 19.0. The molecule has 2 unspecified atom stereocenters. The first-order chi connectivity index (χ1) is 13.6. The lowest BCUT2D eigenvalue weighted by Gasteiger charge is -2.29. The summed E-state index contributed by atoms with van der Waals surface area (Å²) < 4.78 is 0. The molecule has 0 N–H and O–H groups in total. The molecule has 0 aromatic heterocycles. The van der Waals surface area contributed by atoms with E-state index >= 15 is 0 Å². The van der Waals surface area contributed by atoms with Crippen molar-refractivity contribution >= 4 is 6.21 Å². The maximum Gasteiger partial charge on any atom is 0.0570 e. The highest BCUT2D eigenvalue weighted by molar-refractivity contribution is 5.82. The molecule has 28 heavy (non-hydrogen) atoms. The molecule has 1 aliphatic carbocycles. The lowest BCUT2D eigenvalue weighted by Crippen LogP contribution is -2.24. The van der Waals surface area contributed by atoms with Crippen LogP contribution in [0.1, 0.15) is 73.6 Å². The van der Waals surface area contributed by atoms with Gasteiger partial charge in [-0.15, -0.1) is 0 Å². The van der Waals surface area contributed by atoms with Gasteiger partial charge in [0.05, 0.1) is 6.04 Å². The molecule has 0 saturated carbocycles. The maximum absolute atomic E-state index is 5.16. The van der Waals surface area contributed by atoms with Gasteiger partial charge in [0.1, 0.15) is 0 Å². The summed E-state index contributed by atoms with van der Waals surface area (Å²) in [5, 5.41) is 0. The van der Waals surface area contributed by atoms with Crippen LogP contribution in [0.4, 0.5) is 0 Å². The van der Waals surface area contributed by atoms with Crippen molar-refractivity contribution in [1.82, 2.24) is 0 Å². The van der Waals surface area contributed by atoms with E-state index < -0.39 is 0 Å². The third kappa shape index (κ3) is 8.42. The van der Waals surface area contributed by atoms with E-state index in [4.69, 9.17) is 4.99 Å². The predicted octanol–water partition coefficient (Wildman–Crippen LogP) is 8.19. The van der Waals surface area contributed by atoms with Gasteiger partial charge in [0.15, 0.2) is 0 Å². The number of rotatable bonds is 11. The number of hydrogen-bond donors (Lipinski definition) is 0. The Balaban J connectivity index is 3.19. The van der Waals surface area contributed by atoms with Crippen LogP contribution in [0.3, 0.4) is 0 Å². The van der Waals surface area contributed by atoms with Gasteiger partial charge in [-0.25, -0.2) is 0 Å². The number of nitrogens with zero attached hydrogens (tertiary/aromatic N) is 1. The quantitative estimate of drug-likeness (QED) is 0.253. The SMILES string of the molecule is C/C=C\C=C(/CC)[C@H](CCC)C(CC1C=CC(C)=CC1)N=CC(/C=C\C)=C/C. The Labute approximate surface area is 174 Å². The van der Waals surface area contributed by atoms with Gasteiger partial charge in [-0.3, -0.25) is 4.99 Å². The summed E-state index contributed by atoms with van der Waals surface area (Å²) in [6, 6.07) is 0.318. The third-order valence-electron chi connectivity index (χ3n) is 5.48. The van der Waals surface area contributed by atoms with Gasteiger partial charge >= 0.3 is 0 Å². The average Bonchev–Trinajstić information content (AvgIpc) is 2.71. The van der Waals surface area contributed by atoms with Crippen LogP contribution in [0.25, 0.3) is 0 Å². The molecule has 0 radical (unpaired) electrons. The summed E-state index contributed by atoms with van der Waals surface area (Å²) in [6.45, 7) is 13.0. The summed E-state index contributed by atoms with van der Waals surface area (Å²) in [5.41, 5.74) is 4.10. The molecule has 0 saturated heterocycles. The first kappa shape index (κ1) is 24.1. The van der Waals surface area contributed by atoms with Crippen molar-refractivity contribution in [3.63, 3.8) is 0 Å². The largest absolute Gasteiger partial charge is 0.289 e. The Morgan fingerprint density at radius 2 is 2.00 bits per heavy atom. The topological polar surface area (TPSA) is 12.4 Å². The zero-order chi connectivity index (χ0) is 20.8. The fourth-order valence-electron chi connectivity index (χ4n) is 3.83. The molecule has 0 amide bonds. The summed E-state index contributed by atoms with van der Waals surface area (Å²) in [4.78, 5) is 5.16. The molecule has 1 rings (SSSR count). The first-order valence-corrected chi connectivity index (χ1v) is 11.1. The second-order valence-corrected chi connectivity index (χ2v) is 7.69. The van der Waals surface area contributed by atoms with Gasteiger partial charge < -0.3 is 0 Å². The average molecular weight is 380 g/mol. The molecule has 0 aliphatic heterocycles. The maximum atomic E-state index is 5.16. The van der Waals surface area contributed by atoms with Crippen LogP contribution in [-0.4, -0.2) is 12.3 Å². The van der Waals surface area contributed by atoms with Crippen LogP contribution in [0.2, 0.25) is 0 Å². The highest BCUT2D eigenvalue weighted by Gasteiger charge is 2.25. The molecule has 0 aromatic carbocycles. The third-order valence-corrected chi connectivity index (χ3v) is 5.48. The molecule has 1 nitrogen and oxygen atoms in total. The fraction of sp³-hybridized carbons (Fsp3) is 0.519. The monoisotopic (exact) mass is 379 g/mol. The van der Waals surface area contributed by atoms with Gasteiger partial charge in [-0.2, -0.15) is 0 Å². The van der Waals surface area contributed by atoms with Gasteiger partial charge in [0, 0.05) is 12.1 Å². The molecule has 1 aliphatic rings. The van der Waals surface area contributed by atoms with E-state index in [1.807, 2.05) is 0 Å². The minimum absolute atomic E-state index is 0.318. The van der Waals surface area contributed by atoms with Gasteiger partial charge in [-0.05, 0) is 64.9 Å². The molecule has 0 bridgehead atoms. The van der Waals surface area contributed by atoms with Crippen molar-refractivity contribution < 1.29 is 0 Å². The fourth-order valence-corrected chi connectivity index (χ4v) is 3.83. The lowest BCUT2D eigenvalue weighted by molar-refractivity contribution is 0.381. The van der Waals surface area contributed by atoms with Gasteiger partial charge in [0.25, 0.3) is 0 Å². The standard InChI is InChI=1S/C27H41N/c1-7-12-15-25(11-5)26(14-9-3)27(28-21-23(10-4)13-8-2)20-24-18-16-22(6)17-19-24/h7-8,10,12-13,15-18,21,24,26-27H,9,11,14,19-20H2,1-6H3/b12-7-,13-8-,23-10+,25-15+,28-21?/t24?,26-,27?/m0/s1. The van der Waals surface area contributed by atoms with Crippen LogP contribution in [0.15, 0.2) is 76.4 Å². The van der Waals surface area contributed by atoms with E-state index in [1.54, 1.807) is 0 Å². The predicted molar refractivity (Wildman–Crippen MR) is 128 cm³/mol. The summed E-state index contributed by atoms with van der Waals surface area (Å²) in [5.74, 6) is 1.09. The molecular formula is C27H41N. The van der Waals surface area contributed by atoms with Crippen molar-refractivity contribution in [3.05, 3.63) is 71.4 Å². The minimum Gasteiger partial charge on any atom is -0.289 e. The Bertz CT molecular complexity index is 652. The van der Waals surface area contributed by atoms with E-state index in [0.717, 1.165) is 19.3 Å². The first-order valence-electron chi connectivity index (χ1n) is 11.1. The van der Waals surface area contributed by atoms with Crippen molar-refractivity contribution in [2.75, 3.05) is 0 Å². The van der Waals surface area contributed by atoms with E-state index in [1.165, 1.54) is 29.6 Å². The Morgan fingerprint density at radius 3 is 2.54 bits per heavy atom. The number of allylic oxidation sites excluding steroid dienone is 11. The Kier molecular flexibility index (Phi) is 12.2. The van der Waals surface area contributed by atoms with Crippen molar-refractivity contribution in [2.24, 2.45) is 16.8 Å². The molecule has 0 fully saturated rings. The van der Waals surface area contributed by atoms with E-state index in [9.17, 15) is 0 Å². The van der Waals surface area contributed by atoms with Crippen LogP contribution < -0.4 is 0 Å². The minimum atomic E-state index is 0.318. The summed E-state index contributed by atoms with van der Waals surface area (Å²) in [7, 11) is 0. The Morgan fingerprint density at radius 1 is 1.21 bits per heavy atom. The van der Waals surface area contributed by atoms with Gasteiger partial charge in [0.2, 0.25) is 0 Å². The lowest BCUT2D eigenvalue weighted by atomic mass is 9.80. The van der Waals surface area contributed by atoms with Crippen LogP contribution in [0, 0.1) is 11.8 Å². The Hall–Kier alpha value is -1.89. The van der Waals surface area contributed by atoms with Gasteiger partial charge in [-0.1, -0.05) is 86.1 Å². The number of aliphatic imine (C=N–C) groups is 1. The highest BCUT2D eigenvalue weighted by atomic mass is 14.8. The number of hydrogen-bond acceptors (Lipinski definition) is 1. The molecule has 0 spiro atoms.